The number of nitrogens with one attached hydrogen (secondary N) is 1. The van der Waals surface area contributed by atoms with E-state index in [-0.39, 0.29) is 6.10 Å². The van der Waals surface area contributed by atoms with E-state index in [2.05, 4.69) is 22.2 Å². The van der Waals surface area contributed by atoms with Gasteiger partial charge in [0.2, 0.25) is 0 Å². The van der Waals surface area contributed by atoms with Gasteiger partial charge in [0, 0.05) is 24.4 Å². The Bertz CT molecular complexity index is 418. The van der Waals surface area contributed by atoms with Crippen molar-refractivity contribution in [3.63, 3.8) is 0 Å². The lowest BCUT2D eigenvalue weighted by Gasteiger charge is -2.07. The number of rotatable bonds is 5. The second-order valence-electron chi connectivity index (χ2n) is 4.79. The highest BCUT2D eigenvalue weighted by atomic mass is 32.1. The van der Waals surface area contributed by atoms with Crippen LogP contribution < -0.4 is 11.1 Å². The molecule has 0 saturated carbocycles. The molecule has 1 saturated heterocycles. The second kappa shape index (κ2) is 6.86. The number of nitrogens with zero attached hydrogens (tertiary/aromatic N) is 2. The zero-order chi connectivity index (χ0) is 13.7. The topological polar surface area (TPSA) is 72.5 Å². The monoisotopic (exact) mass is 282 g/mol. The summed E-state index contributed by atoms with van der Waals surface area (Å²) < 4.78 is 5.49. The maximum absolute atomic E-state index is 5.82. The number of aryl methyl sites for hydroxylation is 2. The third-order valence-corrected chi connectivity index (χ3v) is 4.34. The van der Waals surface area contributed by atoms with Gasteiger partial charge in [0.1, 0.15) is 0 Å². The van der Waals surface area contributed by atoms with Crippen molar-refractivity contribution < 1.29 is 4.74 Å². The highest BCUT2D eigenvalue weighted by Gasteiger charge is 2.14. The van der Waals surface area contributed by atoms with Crippen LogP contribution in [0.4, 0.5) is 0 Å². The molecule has 0 bridgehead atoms. The van der Waals surface area contributed by atoms with E-state index in [1.807, 2.05) is 6.92 Å². The number of hydrogen-bond acceptors (Lipinski definition) is 4. The van der Waals surface area contributed by atoms with Gasteiger partial charge < -0.3 is 15.8 Å². The largest absolute Gasteiger partial charge is 0.376 e. The van der Waals surface area contributed by atoms with Crippen molar-refractivity contribution in [2.75, 3.05) is 19.7 Å². The highest BCUT2D eigenvalue weighted by molar-refractivity contribution is 7.11. The van der Waals surface area contributed by atoms with Crippen molar-refractivity contribution in [3.05, 3.63) is 15.6 Å². The summed E-state index contributed by atoms with van der Waals surface area (Å²) in [4.78, 5) is 10.1. The molecule has 19 heavy (non-hydrogen) atoms. The van der Waals surface area contributed by atoms with E-state index in [9.17, 15) is 0 Å². The molecule has 1 aliphatic heterocycles. The van der Waals surface area contributed by atoms with Gasteiger partial charge >= 0.3 is 0 Å². The summed E-state index contributed by atoms with van der Waals surface area (Å²) in [5.74, 6) is 0.500. The minimum atomic E-state index is 0.254. The number of thiazole rings is 1. The maximum atomic E-state index is 5.82. The summed E-state index contributed by atoms with van der Waals surface area (Å²) in [6.45, 7) is 6.43. The van der Waals surface area contributed by atoms with Gasteiger partial charge in [0.25, 0.3) is 0 Å². The Kier molecular flexibility index (Phi) is 5.15. The number of nitrogens with two attached hydrogens (primary N) is 1. The Morgan fingerprint density at radius 2 is 2.42 bits per heavy atom. The van der Waals surface area contributed by atoms with Crippen LogP contribution in [0.15, 0.2) is 4.99 Å². The van der Waals surface area contributed by atoms with Gasteiger partial charge in [-0.3, -0.25) is 4.99 Å². The van der Waals surface area contributed by atoms with Crippen LogP contribution in [0.1, 0.15) is 28.4 Å². The molecule has 0 aromatic carbocycles. The smallest absolute Gasteiger partial charge is 0.188 e. The summed E-state index contributed by atoms with van der Waals surface area (Å²) in [5.41, 5.74) is 6.94. The average molecular weight is 282 g/mol. The first kappa shape index (κ1) is 14.3. The first-order valence-corrected chi connectivity index (χ1v) is 7.55. The van der Waals surface area contributed by atoms with Crippen LogP contribution in [-0.2, 0) is 11.2 Å². The Morgan fingerprint density at radius 3 is 3.05 bits per heavy atom. The molecule has 0 radical (unpaired) electrons. The van der Waals surface area contributed by atoms with Crippen LogP contribution in [0, 0.1) is 13.8 Å². The lowest BCUT2D eigenvalue weighted by atomic mass is 10.2. The van der Waals surface area contributed by atoms with E-state index in [1.165, 1.54) is 4.88 Å². The number of aromatic nitrogens is 1. The zero-order valence-electron chi connectivity index (χ0n) is 11.6. The average Bonchev–Trinajstić information content (AvgIpc) is 2.98. The van der Waals surface area contributed by atoms with Crippen molar-refractivity contribution in [3.8, 4) is 0 Å². The standard InChI is InChI=1S/C13H22N4OS/c1-9-10(2)19-12(17-9)5-6-15-13(14)16-8-11-4-3-7-18-11/h11H,3-8H2,1-2H3,(H3,14,15,16). The summed E-state index contributed by atoms with van der Waals surface area (Å²) in [5, 5.41) is 4.27. The van der Waals surface area contributed by atoms with Crippen LogP contribution in [0.2, 0.25) is 0 Å². The van der Waals surface area contributed by atoms with Crippen LogP contribution in [0.25, 0.3) is 0 Å². The molecule has 0 amide bonds. The molecular weight excluding hydrogens is 260 g/mol. The molecule has 1 atom stereocenters. The Labute approximate surface area is 118 Å². The quantitative estimate of drug-likeness (QED) is 0.632. The molecule has 0 aliphatic carbocycles. The maximum Gasteiger partial charge on any atom is 0.188 e. The van der Waals surface area contributed by atoms with Gasteiger partial charge in [-0.05, 0) is 26.7 Å². The molecule has 1 unspecified atom stereocenters. The Balaban J connectivity index is 1.68. The molecule has 1 aliphatic rings. The molecule has 1 aromatic heterocycles. The SMILES string of the molecule is Cc1nc(CCNC(N)=NCC2CCCO2)sc1C. The molecule has 2 rings (SSSR count). The third-order valence-electron chi connectivity index (χ3n) is 3.21. The first-order valence-electron chi connectivity index (χ1n) is 6.73. The molecule has 6 heteroatoms. The molecule has 2 heterocycles. The first-order chi connectivity index (χ1) is 9.15. The number of hydrogen-bond donors (Lipinski definition) is 2. The van der Waals surface area contributed by atoms with Crippen molar-refractivity contribution in [1.82, 2.24) is 10.3 Å². The van der Waals surface area contributed by atoms with Crippen molar-refractivity contribution in [2.24, 2.45) is 10.7 Å². The fraction of sp³-hybridized carbons (Fsp3) is 0.692. The molecule has 3 N–H and O–H groups in total. The molecule has 1 fully saturated rings. The molecule has 0 spiro atoms. The predicted octanol–water partition coefficient (Wildman–Crippen LogP) is 1.39. The second-order valence-corrected chi connectivity index (χ2v) is 6.07. The van der Waals surface area contributed by atoms with Gasteiger partial charge in [0.15, 0.2) is 5.96 Å². The summed E-state index contributed by atoms with van der Waals surface area (Å²) in [6.07, 6.45) is 3.37. The third kappa shape index (κ3) is 4.47. The zero-order valence-corrected chi connectivity index (χ0v) is 12.4. The Hall–Kier alpha value is -1.14. The van der Waals surface area contributed by atoms with Crippen molar-refractivity contribution >= 4 is 17.3 Å². The fourth-order valence-corrected chi connectivity index (χ4v) is 2.92. The highest BCUT2D eigenvalue weighted by Crippen LogP contribution is 2.16. The molecule has 1 aromatic rings. The van der Waals surface area contributed by atoms with Crippen LogP contribution in [-0.4, -0.2) is 36.7 Å². The number of guanidine groups is 1. The van der Waals surface area contributed by atoms with E-state index in [0.717, 1.165) is 43.1 Å². The minimum Gasteiger partial charge on any atom is -0.376 e. The summed E-state index contributed by atoms with van der Waals surface area (Å²) in [7, 11) is 0. The molecule has 5 nitrogen and oxygen atoms in total. The Morgan fingerprint density at radius 1 is 1.58 bits per heavy atom. The van der Waals surface area contributed by atoms with E-state index in [0.29, 0.717) is 12.5 Å². The van der Waals surface area contributed by atoms with Gasteiger partial charge in [-0.1, -0.05) is 0 Å². The number of ether oxygens (including phenoxy) is 1. The van der Waals surface area contributed by atoms with E-state index < -0.39 is 0 Å². The van der Waals surface area contributed by atoms with E-state index in [4.69, 9.17) is 10.5 Å². The normalized spacial score (nSPS) is 19.9. The summed E-state index contributed by atoms with van der Waals surface area (Å²) >= 11 is 1.75. The van der Waals surface area contributed by atoms with E-state index in [1.54, 1.807) is 11.3 Å². The predicted molar refractivity (Wildman–Crippen MR) is 78.8 cm³/mol. The van der Waals surface area contributed by atoms with E-state index >= 15 is 0 Å². The van der Waals surface area contributed by atoms with Gasteiger partial charge in [-0.15, -0.1) is 11.3 Å². The van der Waals surface area contributed by atoms with Gasteiger partial charge in [-0.2, -0.15) is 0 Å². The summed E-state index contributed by atoms with van der Waals surface area (Å²) in [6, 6.07) is 0. The molecular formula is C13H22N4OS. The minimum absolute atomic E-state index is 0.254. The van der Waals surface area contributed by atoms with Crippen LogP contribution in [0.5, 0.6) is 0 Å². The lowest BCUT2D eigenvalue weighted by Crippen LogP contribution is -2.34. The van der Waals surface area contributed by atoms with Gasteiger partial charge in [-0.25, -0.2) is 4.98 Å². The lowest BCUT2D eigenvalue weighted by molar-refractivity contribution is 0.118. The van der Waals surface area contributed by atoms with Crippen molar-refractivity contribution in [1.29, 1.82) is 0 Å². The van der Waals surface area contributed by atoms with Crippen LogP contribution >= 0.6 is 11.3 Å². The van der Waals surface area contributed by atoms with Gasteiger partial charge in [0.05, 0.1) is 23.4 Å². The van der Waals surface area contributed by atoms with Crippen LogP contribution in [0.3, 0.4) is 0 Å². The van der Waals surface area contributed by atoms with Crippen molar-refractivity contribution in [2.45, 2.75) is 39.2 Å². The molecule has 106 valence electrons. The number of aliphatic imine (C=N–C) groups is 1. The fourth-order valence-electron chi connectivity index (χ4n) is 1.99.